The molecule has 0 saturated carbocycles. The van der Waals surface area contributed by atoms with Gasteiger partial charge in [0.25, 0.3) is 6.71 Å². The molecule has 0 bridgehead atoms. The number of anilines is 6. The number of fused-ring (bicyclic) bond motifs is 4. The second-order valence-corrected chi connectivity index (χ2v) is 21.1. The predicted molar refractivity (Wildman–Crippen MR) is 333 cm³/mol. The maximum Gasteiger partial charge on any atom is 0.252 e. The van der Waals surface area contributed by atoms with Crippen molar-refractivity contribution in [2.75, 3.05) is 9.80 Å². The smallest absolute Gasteiger partial charge is 0.252 e. The molecule has 12 aromatic carbocycles. The third-order valence-electron chi connectivity index (χ3n) is 16.0. The summed E-state index contributed by atoms with van der Waals surface area (Å²) >= 11 is 0. The molecule has 2 aliphatic heterocycles. The van der Waals surface area contributed by atoms with Crippen LogP contribution in [-0.2, 0) is 0 Å². The predicted octanol–water partition coefficient (Wildman–Crippen LogP) is 18.4. The van der Waals surface area contributed by atoms with Crippen molar-refractivity contribution in [1.82, 2.24) is 0 Å². The molecule has 78 heavy (non-hydrogen) atoms. The molecule has 2 heterocycles. The number of aryl methyl sites for hydroxylation is 3. The van der Waals surface area contributed by atoms with Crippen molar-refractivity contribution in [3.05, 3.63) is 296 Å². The van der Waals surface area contributed by atoms with Crippen LogP contribution >= 0.6 is 0 Å². The normalized spacial score (nSPS) is 12.2. The number of hydrogen-bond acceptors (Lipinski definition) is 2. The Kier molecular flexibility index (Phi) is 11.7. The zero-order valence-electron chi connectivity index (χ0n) is 44.0. The van der Waals surface area contributed by atoms with Gasteiger partial charge < -0.3 is 9.80 Å². The number of benzene rings is 12. The molecular weight excluding hydrogens is 940 g/mol. The summed E-state index contributed by atoms with van der Waals surface area (Å²) in [6.45, 7) is 6.64. The van der Waals surface area contributed by atoms with E-state index >= 15 is 0 Å². The molecule has 2 nitrogen and oxygen atoms in total. The van der Waals surface area contributed by atoms with Crippen LogP contribution in [-0.4, -0.2) is 6.71 Å². The number of nitrogens with zero attached hydrogens (tertiary/aromatic N) is 2. The molecule has 0 amide bonds. The zero-order valence-corrected chi connectivity index (χ0v) is 44.0. The van der Waals surface area contributed by atoms with Gasteiger partial charge in [0.15, 0.2) is 0 Å². The standard InChI is InChI=1S/C75H55BN2/c1-50-38-51(2)74(52(3)39-50)65-48-72-75-73(49-65)78(67-44-63(57-30-18-8-19-31-57)41-64(45-67)58-32-20-9-21-33-58)71-37-35-60(54-24-12-5-13-25-54)47-69(71)76(75)68-46-59(53-22-10-4-11-23-53)34-36-70(68)77(72)66-42-61(55-26-14-6-15-27-55)40-62(43-66)56-28-16-7-17-29-56/h4-49H,1-3H3. The fourth-order valence-electron chi connectivity index (χ4n) is 12.6. The van der Waals surface area contributed by atoms with Gasteiger partial charge in [0.2, 0.25) is 0 Å². The fraction of sp³-hybridized carbons (Fsp3) is 0.0400. The van der Waals surface area contributed by atoms with E-state index in [1.165, 1.54) is 111 Å². The van der Waals surface area contributed by atoms with Crippen molar-refractivity contribution in [2.24, 2.45) is 0 Å². The first kappa shape index (κ1) is 46.8. The molecule has 14 rings (SSSR count). The molecule has 0 atom stereocenters. The van der Waals surface area contributed by atoms with Crippen LogP contribution in [0.4, 0.5) is 34.1 Å². The van der Waals surface area contributed by atoms with Crippen molar-refractivity contribution in [3.8, 4) is 77.9 Å². The monoisotopic (exact) mass is 994 g/mol. The first-order valence-corrected chi connectivity index (χ1v) is 27.2. The Morgan fingerprint density at radius 1 is 0.244 bits per heavy atom. The van der Waals surface area contributed by atoms with Gasteiger partial charge in [-0.15, -0.1) is 0 Å². The molecule has 3 heteroatoms. The summed E-state index contributed by atoms with van der Waals surface area (Å²) in [7, 11) is 0. The molecule has 0 saturated heterocycles. The molecule has 0 N–H and O–H groups in total. The van der Waals surface area contributed by atoms with Crippen molar-refractivity contribution in [3.63, 3.8) is 0 Å². The first-order chi connectivity index (χ1) is 38.4. The van der Waals surface area contributed by atoms with Crippen LogP contribution in [0.5, 0.6) is 0 Å². The third-order valence-corrected chi connectivity index (χ3v) is 16.0. The molecular formula is C75H55BN2. The third kappa shape index (κ3) is 8.32. The summed E-state index contributed by atoms with van der Waals surface area (Å²) in [5.41, 5.74) is 31.0. The van der Waals surface area contributed by atoms with Gasteiger partial charge in [0.05, 0.1) is 0 Å². The van der Waals surface area contributed by atoms with E-state index < -0.39 is 0 Å². The summed E-state index contributed by atoms with van der Waals surface area (Å²) < 4.78 is 0. The molecule has 0 fully saturated rings. The topological polar surface area (TPSA) is 6.48 Å². The van der Waals surface area contributed by atoms with Crippen LogP contribution in [0, 0.1) is 20.8 Å². The lowest BCUT2D eigenvalue weighted by atomic mass is 9.33. The van der Waals surface area contributed by atoms with Crippen molar-refractivity contribution < 1.29 is 0 Å². The van der Waals surface area contributed by atoms with E-state index in [2.05, 4.69) is 310 Å². The van der Waals surface area contributed by atoms with Gasteiger partial charge in [0.1, 0.15) is 0 Å². The summed E-state index contributed by atoms with van der Waals surface area (Å²) in [4.78, 5) is 5.20. The molecule has 12 aromatic rings. The minimum Gasteiger partial charge on any atom is -0.311 e. The number of hydrogen-bond donors (Lipinski definition) is 0. The lowest BCUT2D eigenvalue weighted by molar-refractivity contribution is 1.25. The van der Waals surface area contributed by atoms with Crippen LogP contribution in [0.3, 0.4) is 0 Å². The summed E-state index contributed by atoms with van der Waals surface area (Å²) in [5.74, 6) is 0. The highest BCUT2D eigenvalue weighted by molar-refractivity contribution is 7.00. The van der Waals surface area contributed by atoms with E-state index in [0.717, 1.165) is 33.6 Å². The highest BCUT2D eigenvalue weighted by Gasteiger charge is 2.44. The Balaban J connectivity index is 1.13. The van der Waals surface area contributed by atoms with Crippen molar-refractivity contribution >= 4 is 57.2 Å². The molecule has 0 unspecified atom stereocenters. The van der Waals surface area contributed by atoms with E-state index in [1.54, 1.807) is 0 Å². The first-order valence-electron chi connectivity index (χ1n) is 27.2. The van der Waals surface area contributed by atoms with Gasteiger partial charge in [-0.25, -0.2) is 0 Å². The Morgan fingerprint density at radius 2 is 0.551 bits per heavy atom. The van der Waals surface area contributed by atoms with E-state index in [0.29, 0.717) is 0 Å². The quantitative estimate of drug-likeness (QED) is 0.133. The van der Waals surface area contributed by atoms with Crippen molar-refractivity contribution in [2.45, 2.75) is 20.8 Å². The summed E-state index contributed by atoms with van der Waals surface area (Å²) in [6, 6.07) is 104. The van der Waals surface area contributed by atoms with Gasteiger partial charge in [-0.3, -0.25) is 0 Å². The van der Waals surface area contributed by atoms with Crippen molar-refractivity contribution in [1.29, 1.82) is 0 Å². The zero-order chi connectivity index (χ0) is 52.3. The maximum absolute atomic E-state index is 2.60. The average Bonchev–Trinajstić information content (AvgIpc) is 3.56. The van der Waals surface area contributed by atoms with Crippen LogP contribution in [0.15, 0.2) is 279 Å². The molecule has 0 aromatic heterocycles. The fourth-order valence-corrected chi connectivity index (χ4v) is 12.6. The molecule has 2 aliphatic rings. The highest BCUT2D eigenvalue weighted by Crippen LogP contribution is 2.50. The van der Waals surface area contributed by atoms with Crippen LogP contribution in [0.1, 0.15) is 16.7 Å². The average molecular weight is 995 g/mol. The van der Waals surface area contributed by atoms with Gasteiger partial charge >= 0.3 is 0 Å². The summed E-state index contributed by atoms with van der Waals surface area (Å²) in [6.07, 6.45) is 0. The lowest BCUT2D eigenvalue weighted by Gasteiger charge is -2.45. The minimum atomic E-state index is -0.133. The largest absolute Gasteiger partial charge is 0.311 e. The lowest BCUT2D eigenvalue weighted by Crippen LogP contribution is -2.61. The molecule has 0 spiro atoms. The van der Waals surface area contributed by atoms with Crippen LogP contribution in [0.25, 0.3) is 77.9 Å². The van der Waals surface area contributed by atoms with Crippen LogP contribution in [0.2, 0.25) is 0 Å². The van der Waals surface area contributed by atoms with Gasteiger partial charge in [0, 0.05) is 34.1 Å². The van der Waals surface area contributed by atoms with E-state index in [9.17, 15) is 0 Å². The van der Waals surface area contributed by atoms with Crippen LogP contribution < -0.4 is 26.2 Å². The Morgan fingerprint density at radius 3 is 0.872 bits per heavy atom. The Hall–Kier alpha value is -9.70. The van der Waals surface area contributed by atoms with E-state index in [4.69, 9.17) is 0 Å². The van der Waals surface area contributed by atoms with E-state index in [-0.39, 0.29) is 6.71 Å². The van der Waals surface area contributed by atoms with E-state index in [1.807, 2.05) is 0 Å². The second kappa shape index (κ2) is 19.5. The second-order valence-electron chi connectivity index (χ2n) is 21.1. The molecule has 368 valence electrons. The highest BCUT2D eigenvalue weighted by atomic mass is 15.2. The Bertz CT molecular complexity index is 3830. The number of rotatable bonds is 9. The maximum atomic E-state index is 2.60. The Labute approximate surface area is 458 Å². The van der Waals surface area contributed by atoms with Gasteiger partial charge in [-0.1, -0.05) is 224 Å². The molecule has 0 radical (unpaired) electrons. The van der Waals surface area contributed by atoms with Gasteiger partial charge in [-0.05, 0) is 187 Å². The van der Waals surface area contributed by atoms with Gasteiger partial charge in [-0.2, -0.15) is 0 Å². The molecule has 0 aliphatic carbocycles. The SMILES string of the molecule is Cc1cc(C)c(-c2cc3c4c(c2)N(c2cc(-c5ccccc5)cc(-c5ccccc5)c2)c2ccc(-c5ccccc5)cc2B4c2cc(-c4ccccc4)ccc2N3c2cc(-c3ccccc3)cc(-c3ccccc3)c2)c(C)c1. The summed E-state index contributed by atoms with van der Waals surface area (Å²) in [5, 5.41) is 0. The minimum absolute atomic E-state index is 0.133.